The molecule has 1 aromatic carbocycles. The number of nitrogens with zero attached hydrogens (tertiary/aromatic N) is 2. The van der Waals surface area contributed by atoms with E-state index in [4.69, 9.17) is 4.74 Å². The number of hydrogen-bond donors (Lipinski definition) is 1. The van der Waals surface area contributed by atoms with Gasteiger partial charge in [0.2, 0.25) is 5.91 Å². The number of hydrogen-bond acceptors (Lipinski definition) is 5. The van der Waals surface area contributed by atoms with Crippen molar-refractivity contribution in [3.63, 3.8) is 0 Å². The zero-order valence-electron chi connectivity index (χ0n) is 17.2. The predicted octanol–water partition coefficient (Wildman–Crippen LogP) is 3.28. The summed E-state index contributed by atoms with van der Waals surface area (Å²) in [5.41, 5.74) is 2.06. The molecule has 2 aliphatic heterocycles. The lowest BCUT2D eigenvalue weighted by Crippen LogP contribution is -2.47. The molecule has 0 aromatic heterocycles. The Labute approximate surface area is 168 Å². The van der Waals surface area contributed by atoms with E-state index >= 15 is 0 Å². The normalized spacial score (nSPS) is 19.9. The highest BCUT2D eigenvalue weighted by molar-refractivity contribution is 5.94. The van der Waals surface area contributed by atoms with Gasteiger partial charge < -0.3 is 15.0 Å². The van der Waals surface area contributed by atoms with Gasteiger partial charge in [-0.2, -0.15) is 0 Å². The van der Waals surface area contributed by atoms with Crippen molar-refractivity contribution in [1.82, 2.24) is 4.90 Å². The van der Waals surface area contributed by atoms with Gasteiger partial charge in [0.1, 0.15) is 0 Å². The van der Waals surface area contributed by atoms with Gasteiger partial charge in [0.15, 0.2) is 0 Å². The Morgan fingerprint density at radius 1 is 1.07 bits per heavy atom. The minimum absolute atomic E-state index is 0.000284. The Balaban J connectivity index is 1.48. The van der Waals surface area contributed by atoms with E-state index in [0.29, 0.717) is 6.61 Å². The van der Waals surface area contributed by atoms with Crippen LogP contribution in [0.5, 0.6) is 0 Å². The number of anilines is 2. The topological polar surface area (TPSA) is 61.9 Å². The molecule has 3 rings (SSSR count). The van der Waals surface area contributed by atoms with Crippen LogP contribution in [0.2, 0.25) is 0 Å². The fourth-order valence-electron chi connectivity index (χ4n) is 4.10. The molecular weight excluding hydrogens is 354 g/mol. The highest BCUT2D eigenvalue weighted by atomic mass is 16.5. The molecular formula is C22H33N3O3. The number of carbonyl (C=O) groups excluding carboxylic acids is 2. The molecule has 1 aromatic rings. The Morgan fingerprint density at radius 2 is 1.71 bits per heavy atom. The predicted molar refractivity (Wildman–Crippen MR) is 112 cm³/mol. The molecule has 1 amide bonds. The number of carbonyl (C=O) groups is 2. The molecule has 1 N–H and O–H groups in total. The summed E-state index contributed by atoms with van der Waals surface area (Å²) in [6, 6.07) is 7.94. The summed E-state index contributed by atoms with van der Waals surface area (Å²) in [4.78, 5) is 29.1. The van der Waals surface area contributed by atoms with Crippen LogP contribution in [0.1, 0.15) is 46.0 Å². The van der Waals surface area contributed by atoms with Gasteiger partial charge in [-0.25, -0.2) is 0 Å². The fraction of sp³-hybridized carbons (Fsp3) is 0.636. The minimum Gasteiger partial charge on any atom is -0.466 e. The molecule has 1 atom stereocenters. The van der Waals surface area contributed by atoms with Gasteiger partial charge >= 0.3 is 5.97 Å². The lowest BCUT2D eigenvalue weighted by atomic mass is 9.96. The molecule has 0 spiro atoms. The molecule has 0 radical (unpaired) electrons. The van der Waals surface area contributed by atoms with Crippen LogP contribution in [0.4, 0.5) is 11.4 Å². The Morgan fingerprint density at radius 3 is 2.32 bits per heavy atom. The Hall–Kier alpha value is -2.08. The molecule has 0 aliphatic carbocycles. The average Bonchev–Trinajstić information content (AvgIpc) is 2.74. The summed E-state index contributed by atoms with van der Waals surface area (Å²) in [5.74, 6) is -0.137. The molecule has 6 nitrogen and oxygen atoms in total. The first kappa shape index (κ1) is 20.6. The molecule has 2 aliphatic rings. The molecule has 0 bridgehead atoms. The van der Waals surface area contributed by atoms with Gasteiger partial charge in [-0.3, -0.25) is 14.5 Å². The molecule has 6 heteroatoms. The maximum absolute atomic E-state index is 12.7. The van der Waals surface area contributed by atoms with Gasteiger partial charge in [-0.05, 0) is 83.3 Å². The van der Waals surface area contributed by atoms with E-state index in [9.17, 15) is 9.59 Å². The third-order valence-corrected chi connectivity index (χ3v) is 5.93. The average molecular weight is 388 g/mol. The van der Waals surface area contributed by atoms with Crippen molar-refractivity contribution in [2.45, 2.75) is 52.0 Å². The first-order chi connectivity index (χ1) is 13.6. The van der Waals surface area contributed by atoms with Crippen molar-refractivity contribution in [1.29, 1.82) is 0 Å². The molecule has 2 saturated heterocycles. The van der Waals surface area contributed by atoms with Gasteiger partial charge in [-0.15, -0.1) is 0 Å². The first-order valence-corrected chi connectivity index (χ1v) is 10.6. The van der Waals surface area contributed by atoms with Crippen LogP contribution >= 0.6 is 0 Å². The van der Waals surface area contributed by atoms with Gasteiger partial charge in [0, 0.05) is 24.5 Å². The summed E-state index contributed by atoms with van der Waals surface area (Å²) in [6.45, 7) is 7.90. The van der Waals surface area contributed by atoms with Crippen LogP contribution < -0.4 is 10.2 Å². The quantitative estimate of drug-likeness (QED) is 0.759. The van der Waals surface area contributed by atoms with E-state index in [1.54, 1.807) is 0 Å². The number of amides is 1. The van der Waals surface area contributed by atoms with Crippen molar-refractivity contribution in [3.05, 3.63) is 24.3 Å². The lowest BCUT2D eigenvalue weighted by Gasteiger charge is -2.34. The summed E-state index contributed by atoms with van der Waals surface area (Å²) in [5, 5.41) is 3.03. The number of piperidine rings is 2. The second-order valence-electron chi connectivity index (χ2n) is 7.82. The van der Waals surface area contributed by atoms with Crippen molar-refractivity contribution in [3.8, 4) is 0 Å². The van der Waals surface area contributed by atoms with Crippen LogP contribution in [0, 0.1) is 5.92 Å². The highest BCUT2D eigenvalue weighted by Crippen LogP contribution is 2.23. The zero-order chi connectivity index (χ0) is 19.9. The van der Waals surface area contributed by atoms with Crippen LogP contribution in [-0.4, -0.2) is 55.6 Å². The summed E-state index contributed by atoms with van der Waals surface area (Å²) >= 11 is 0. The monoisotopic (exact) mass is 387 g/mol. The minimum atomic E-state index is -0.218. The fourth-order valence-corrected chi connectivity index (χ4v) is 4.10. The van der Waals surface area contributed by atoms with Gasteiger partial charge in [0.05, 0.1) is 18.6 Å². The summed E-state index contributed by atoms with van der Waals surface area (Å²) < 4.78 is 5.12. The Bertz CT molecular complexity index is 647. The number of benzene rings is 1. The second kappa shape index (κ2) is 9.92. The number of rotatable bonds is 6. The van der Waals surface area contributed by atoms with Crippen molar-refractivity contribution in [2.75, 3.05) is 43.0 Å². The molecule has 0 saturated carbocycles. The largest absolute Gasteiger partial charge is 0.466 e. The second-order valence-corrected chi connectivity index (χ2v) is 7.82. The van der Waals surface area contributed by atoms with E-state index in [-0.39, 0.29) is 23.8 Å². The third-order valence-electron chi connectivity index (χ3n) is 5.93. The first-order valence-electron chi connectivity index (χ1n) is 10.6. The molecule has 28 heavy (non-hydrogen) atoms. The van der Waals surface area contributed by atoms with E-state index in [1.807, 2.05) is 26.0 Å². The van der Waals surface area contributed by atoms with E-state index in [0.717, 1.165) is 44.7 Å². The number of ether oxygens (including phenoxy) is 1. The summed E-state index contributed by atoms with van der Waals surface area (Å²) in [6.07, 6.45) is 5.33. The number of likely N-dealkylation sites (tertiary alicyclic amines) is 1. The highest BCUT2D eigenvalue weighted by Gasteiger charge is 2.30. The zero-order valence-corrected chi connectivity index (χ0v) is 17.2. The summed E-state index contributed by atoms with van der Waals surface area (Å²) in [7, 11) is 0. The van der Waals surface area contributed by atoms with Crippen LogP contribution in [0.3, 0.4) is 0 Å². The van der Waals surface area contributed by atoms with Crippen molar-refractivity contribution < 1.29 is 14.3 Å². The van der Waals surface area contributed by atoms with E-state index in [2.05, 4.69) is 27.2 Å². The molecule has 2 fully saturated rings. The maximum Gasteiger partial charge on any atom is 0.309 e. The smallest absolute Gasteiger partial charge is 0.309 e. The third kappa shape index (κ3) is 5.25. The molecule has 0 unspecified atom stereocenters. The maximum atomic E-state index is 12.7. The van der Waals surface area contributed by atoms with Crippen LogP contribution in [0.15, 0.2) is 24.3 Å². The van der Waals surface area contributed by atoms with Crippen molar-refractivity contribution >= 4 is 23.3 Å². The number of esters is 1. The van der Waals surface area contributed by atoms with E-state index < -0.39 is 0 Å². The SMILES string of the molecule is CCOC(=O)C1CCN([C@H](C)C(=O)Nc2ccc(N3CCCCC3)cc2)CC1. The number of nitrogens with one attached hydrogen (secondary N) is 1. The van der Waals surface area contributed by atoms with E-state index in [1.165, 1.54) is 24.9 Å². The van der Waals surface area contributed by atoms with Gasteiger partial charge in [-0.1, -0.05) is 0 Å². The van der Waals surface area contributed by atoms with Crippen molar-refractivity contribution in [2.24, 2.45) is 5.92 Å². The van der Waals surface area contributed by atoms with Crippen LogP contribution in [-0.2, 0) is 14.3 Å². The molecule has 2 heterocycles. The standard InChI is InChI=1S/C22H33N3O3/c1-3-28-22(27)18-11-15-24(16-12-18)17(2)21(26)23-19-7-9-20(10-8-19)25-13-5-4-6-14-25/h7-10,17-18H,3-6,11-16H2,1-2H3,(H,23,26)/t17-/m1/s1. The van der Waals surface area contributed by atoms with Crippen LogP contribution in [0.25, 0.3) is 0 Å². The lowest BCUT2D eigenvalue weighted by molar-refractivity contribution is -0.149. The van der Waals surface area contributed by atoms with Gasteiger partial charge in [0.25, 0.3) is 0 Å². The Kier molecular flexibility index (Phi) is 7.31. The molecule has 154 valence electrons.